The van der Waals surface area contributed by atoms with Crippen molar-refractivity contribution < 1.29 is 31.1 Å². The molecule has 2 fully saturated rings. The molecule has 1 saturated heterocycles. The Kier molecular flexibility index (Phi) is 9.84. The third-order valence-corrected chi connectivity index (χ3v) is 10.4. The van der Waals surface area contributed by atoms with Gasteiger partial charge in [-0.15, -0.1) is 0 Å². The second-order valence-corrected chi connectivity index (χ2v) is 15.0. The van der Waals surface area contributed by atoms with Gasteiger partial charge < -0.3 is 25.6 Å². The Labute approximate surface area is 279 Å². The van der Waals surface area contributed by atoms with Crippen molar-refractivity contribution in [1.29, 1.82) is 0 Å². The number of carbonyl (C=O) groups is 1. The average molecular weight is 690 g/mol. The lowest BCUT2D eigenvalue weighted by Gasteiger charge is -2.36. The average Bonchev–Trinajstić information content (AvgIpc) is 3.67. The number of aromatic nitrogens is 2. The Hall–Kier alpha value is -4.11. The van der Waals surface area contributed by atoms with Crippen molar-refractivity contribution in [2.75, 3.05) is 48.4 Å². The first-order valence-electron chi connectivity index (χ1n) is 15.7. The molecule has 48 heavy (non-hydrogen) atoms. The van der Waals surface area contributed by atoms with Gasteiger partial charge in [0, 0.05) is 49.4 Å². The number of sulfonamides is 1. The van der Waals surface area contributed by atoms with Crippen molar-refractivity contribution in [2.45, 2.75) is 64.8 Å². The topological polar surface area (TPSA) is 129 Å². The zero-order chi connectivity index (χ0) is 35.0. The van der Waals surface area contributed by atoms with Crippen molar-refractivity contribution in [3.05, 3.63) is 64.8 Å². The number of amides is 1. The highest BCUT2D eigenvalue weighted by atomic mass is 32.2. The minimum atomic E-state index is -4.77. The number of halogens is 3. The number of alkyl halides is 3. The van der Waals surface area contributed by atoms with E-state index in [0.717, 1.165) is 48.5 Å². The molecule has 15 heteroatoms. The molecule has 3 N–H and O–H groups in total. The van der Waals surface area contributed by atoms with Crippen LogP contribution < -0.4 is 25.0 Å². The van der Waals surface area contributed by atoms with Crippen LogP contribution >= 0.6 is 0 Å². The summed E-state index contributed by atoms with van der Waals surface area (Å²) in [5, 5.41) is 8.79. The molecule has 1 aromatic heterocycles. The highest BCUT2D eigenvalue weighted by Gasteiger charge is 2.56. The summed E-state index contributed by atoms with van der Waals surface area (Å²) in [5.74, 6) is -0.591. The van der Waals surface area contributed by atoms with Gasteiger partial charge in [0.25, 0.3) is 5.91 Å². The van der Waals surface area contributed by atoms with E-state index in [-0.39, 0.29) is 35.6 Å². The maximum Gasteiger partial charge on any atom is 0.421 e. The molecule has 11 nitrogen and oxygen atoms in total. The number of anilines is 4. The Morgan fingerprint density at radius 1 is 1.21 bits per heavy atom. The van der Waals surface area contributed by atoms with Crippen LogP contribution in [0.4, 0.5) is 36.3 Å². The van der Waals surface area contributed by atoms with Gasteiger partial charge >= 0.3 is 6.18 Å². The quantitative estimate of drug-likeness (QED) is 0.237. The molecule has 260 valence electrons. The van der Waals surface area contributed by atoms with E-state index in [0.29, 0.717) is 34.7 Å². The van der Waals surface area contributed by atoms with E-state index >= 15 is 0 Å². The summed E-state index contributed by atoms with van der Waals surface area (Å²) in [4.78, 5) is 23.7. The zero-order valence-electron chi connectivity index (χ0n) is 27.9. The molecule has 1 aliphatic carbocycles. The van der Waals surface area contributed by atoms with Crippen molar-refractivity contribution in [3.63, 3.8) is 0 Å². The van der Waals surface area contributed by atoms with Gasteiger partial charge in [-0.3, -0.25) is 9.10 Å². The lowest BCUT2D eigenvalue weighted by Crippen LogP contribution is -2.44. The molecule has 1 saturated carbocycles. The van der Waals surface area contributed by atoms with E-state index in [9.17, 15) is 26.4 Å². The number of ether oxygens (including phenoxy) is 1. The largest absolute Gasteiger partial charge is 0.495 e. The zero-order valence-corrected chi connectivity index (χ0v) is 28.7. The number of nitrogens with zero attached hydrogens (tertiary/aromatic N) is 4. The summed E-state index contributed by atoms with van der Waals surface area (Å²) in [7, 11) is -0.827. The fourth-order valence-electron chi connectivity index (χ4n) is 6.20. The number of rotatable bonds is 11. The van der Waals surface area contributed by atoms with Crippen molar-refractivity contribution in [1.82, 2.24) is 20.2 Å². The van der Waals surface area contributed by atoms with E-state index < -0.39 is 27.6 Å². The second-order valence-electron chi connectivity index (χ2n) is 13.0. The predicted octanol–water partition coefficient (Wildman–Crippen LogP) is 5.56. The monoisotopic (exact) mass is 689 g/mol. The smallest absolute Gasteiger partial charge is 0.421 e. The van der Waals surface area contributed by atoms with E-state index in [1.54, 1.807) is 43.3 Å². The first-order valence-corrected chi connectivity index (χ1v) is 17.6. The molecule has 2 unspecified atom stereocenters. The summed E-state index contributed by atoms with van der Waals surface area (Å²) in [6.07, 6.45) is 0.0837. The highest BCUT2D eigenvalue weighted by Crippen LogP contribution is 2.52. The van der Waals surface area contributed by atoms with E-state index in [4.69, 9.17) is 4.74 Å². The fraction of sp³-hybridized carbons (Fsp3) is 0.485. The number of piperidine rings is 1. The fourth-order valence-corrected chi connectivity index (χ4v) is 6.72. The lowest BCUT2D eigenvalue weighted by atomic mass is 9.93. The normalized spacial score (nSPS) is 19.7. The Balaban J connectivity index is 1.32. The molecule has 5 rings (SSSR count). The van der Waals surface area contributed by atoms with Crippen molar-refractivity contribution >= 4 is 39.1 Å². The lowest BCUT2D eigenvalue weighted by molar-refractivity contribution is -0.137. The first-order chi connectivity index (χ1) is 22.5. The predicted molar refractivity (Wildman–Crippen MR) is 179 cm³/mol. The van der Waals surface area contributed by atoms with Crippen molar-refractivity contribution in [2.24, 2.45) is 5.41 Å². The van der Waals surface area contributed by atoms with Gasteiger partial charge in [0.2, 0.25) is 16.0 Å². The molecule has 1 aliphatic heterocycles. The van der Waals surface area contributed by atoms with Crippen LogP contribution in [0.15, 0.2) is 42.6 Å². The number of hydrogen-bond donors (Lipinski definition) is 3. The van der Waals surface area contributed by atoms with Gasteiger partial charge in [-0.2, -0.15) is 18.2 Å². The van der Waals surface area contributed by atoms with Crippen LogP contribution in [0.2, 0.25) is 0 Å². The van der Waals surface area contributed by atoms with E-state index in [1.807, 2.05) is 0 Å². The van der Waals surface area contributed by atoms with Gasteiger partial charge in [0.1, 0.15) is 17.1 Å². The van der Waals surface area contributed by atoms with Crippen LogP contribution in [0, 0.1) is 12.3 Å². The maximum absolute atomic E-state index is 14.0. The first kappa shape index (κ1) is 35.2. The second kappa shape index (κ2) is 13.4. The summed E-state index contributed by atoms with van der Waals surface area (Å²) >= 11 is 0. The van der Waals surface area contributed by atoms with E-state index in [1.165, 1.54) is 14.2 Å². The molecular formula is C33H42F3N7O4S. The van der Waals surface area contributed by atoms with Crippen LogP contribution in [0.1, 0.15) is 60.2 Å². The van der Waals surface area contributed by atoms with Crippen molar-refractivity contribution in [3.8, 4) is 5.75 Å². The minimum Gasteiger partial charge on any atom is -0.495 e. The minimum absolute atomic E-state index is 0.101. The molecule has 3 aromatic rings. The van der Waals surface area contributed by atoms with Crippen LogP contribution in [0.3, 0.4) is 0 Å². The highest BCUT2D eigenvalue weighted by molar-refractivity contribution is 7.92. The molecule has 2 aliphatic rings. The Morgan fingerprint density at radius 3 is 2.62 bits per heavy atom. The van der Waals surface area contributed by atoms with Crippen LogP contribution in [0.5, 0.6) is 5.75 Å². The van der Waals surface area contributed by atoms with Crippen LogP contribution in [-0.2, 0) is 22.7 Å². The Bertz CT molecular complexity index is 1790. The number of carbonyl (C=O) groups excluding carboxylic acids is 1. The molecule has 2 heterocycles. The Morgan fingerprint density at radius 2 is 1.96 bits per heavy atom. The van der Waals surface area contributed by atoms with E-state index in [2.05, 4.69) is 44.7 Å². The van der Waals surface area contributed by atoms with Gasteiger partial charge in [-0.05, 0) is 82.0 Å². The SMILES string of the molecule is COc1cc(C(=O)NC2CC23CCCN(C(C)C)C3)ccc1Nc1ncc(C(F)(F)F)c(NCc2ccc(C)cc2N(C)S(C)(=O)=O)n1. The summed E-state index contributed by atoms with van der Waals surface area (Å²) in [6.45, 7) is 8.05. The number of nitrogens with one attached hydrogen (secondary N) is 3. The maximum atomic E-state index is 14.0. The number of likely N-dealkylation sites (tertiary alicyclic amines) is 1. The summed E-state index contributed by atoms with van der Waals surface area (Å²) in [6, 6.07) is 10.3. The van der Waals surface area contributed by atoms with Gasteiger partial charge in [-0.25, -0.2) is 13.4 Å². The molecule has 2 aromatic carbocycles. The molecule has 2 atom stereocenters. The number of hydrogen-bond acceptors (Lipinski definition) is 9. The molecule has 0 radical (unpaired) electrons. The van der Waals surface area contributed by atoms with Gasteiger partial charge in [-0.1, -0.05) is 12.1 Å². The number of methoxy groups -OCH3 is 1. The summed E-state index contributed by atoms with van der Waals surface area (Å²) < 4.78 is 72.9. The van der Waals surface area contributed by atoms with Gasteiger partial charge in [0.05, 0.1) is 24.7 Å². The van der Waals surface area contributed by atoms with Crippen LogP contribution in [-0.4, -0.2) is 74.8 Å². The third-order valence-electron chi connectivity index (χ3n) is 9.19. The number of aryl methyl sites for hydroxylation is 1. The molecule has 1 amide bonds. The molecule has 1 spiro atoms. The molecule has 0 bridgehead atoms. The number of benzene rings is 2. The molecular weight excluding hydrogens is 647 g/mol. The standard InChI is InChI=1S/C33H42F3N7O4S/c1-20(2)43-13-7-12-32(19-43)16-28(32)40-30(44)22-10-11-25(27(15-22)47-5)39-31-38-18-24(33(34,35)36)29(41-31)37-17-23-9-8-21(3)14-26(23)42(4)48(6,45)46/h8-11,14-15,18,20,28H,7,12-13,16-17,19H2,1-6H3,(H,40,44)(H2,37,38,39,41). The van der Waals surface area contributed by atoms with Gasteiger partial charge in [0.15, 0.2) is 0 Å². The summed E-state index contributed by atoms with van der Waals surface area (Å²) in [5.41, 5.74) is 1.31. The van der Waals surface area contributed by atoms with Crippen LogP contribution in [0.25, 0.3) is 0 Å². The third kappa shape index (κ3) is 7.78.